The molecule has 5 heteroatoms. The van der Waals surface area contributed by atoms with Crippen LogP contribution in [0.25, 0.3) is 0 Å². The topological polar surface area (TPSA) is 80.2 Å². The molecule has 0 aromatic carbocycles. The predicted octanol–water partition coefficient (Wildman–Crippen LogP) is 0.551. The maximum Gasteiger partial charge on any atom is 0.186 e. The van der Waals surface area contributed by atoms with Crippen molar-refractivity contribution in [3.05, 3.63) is 22.4 Å². The van der Waals surface area contributed by atoms with E-state index < -0.39 is 0 Å². The fraction of sp³-hybridized carbons (Fsp3) is 0.167. The second kappa shape index (κ2) is 3.43. The Bertz CT molecular complexity index is 261. The minimum absolute atomic E-state index is 0.107. The molecule has 4 nitrogen and oxygen atoms in total. The number of aromatic nitrogens is 1. The summed E-state index contributed by atoms with van der Waals surface area (Å²) in [6, 6.07) is 1.92. The van der Waals surface area contributed by atoms with Gasteiger partial charge < -0.3 is 16.5 Å². The van der Waals surface area contributed by atoms with Crippen molar-refractivity contribution in [2.75, 3.05) is 0 Å². The quantitative estimate of drug-likeness (QED) is 0.499. The van der Waals surface area contributed by atoms with Crippen LogP contribution in [-0.2, 0) is 6.54 Å². The maximum absolute atomic E-state index is 5.15. The van der Waals surface area contributed by atoms with Gasteiger partial charge in [-0.1, -0.05) is 0 Å². The predicted molar refractivity (Wildman–Crippen MR) is 48.0 cm³/mol. The molecular formula is C6H9BrN4. The molecular weight excluding hydrogens is 208 g/mol. The maximum atomic E-state index is 5.15. The standard InChI is InChI=1S/C6H9BrN4/c7-4-1-5(10-2-4)3-11-6(8)9/h1-2,10H,3H2,(H4,8,9,11). The molecule has 0 radical (unpaired) electrons. The Morgan fingerprint density at radius 1 is 1.64 bits per heavy atom. The Morgan fingerprint density at radius 2 is 2.36 bits per heavy atom. The number of nitrogens with two attached hydrogens (primary N) is 2. The van der Waals surface area contributed by atoms with Crippen LogP contribution < -0.4 is 11.5 Å². The van der Waals surface area contributed by atoms with Crippen LogP contribution in [0.1, 0.15) is 5.69 Å². The molecule has 11 heavy (non-hydrogen) atoms. The number of hydrogen-bond donors (Lipinski definition) is 3. The molecule has 0 spiro atoms. The van der Waals surface area contributed by atoms with E-state index in [2.05, 4.69) is 25.9 Å². The summed E-state index contributed by atoms with van der Waals surface area (Å²) >= 11 is 3.30. The van der Waals surface area contributed by atoms with Crippen LogP contribution in [0.3, 0.4) is 0 Å². The van der Waals surface area contributed by atoms with E-state index in [-0.39, 0.29) is 5.96 Å². The van der Waals surface area contributed by atoms with E-state index in [0.29, 0.717) is 6.54 Å². The molecule has 1 aromatic heterocycles. The van der Waals surface area contributed by atoms with Crippen LogP contribution in [0.2, 0.25) is 0 Å². The van der Waals surface area contributed by atoms with Crippen molar-refractivity contribution in [2.24, 2.45) is 16.5 Å². The van der Waals surface area contributed by atoms with Crippen molar-refractivity contribution in [3.63, 3.8) is 0 Å². The number of rotatable bonds is 2. The second-order valence-corrected chi connectivity index (χ2v) is 3.00. The summed E-state index contributed by atoms with van der Waals surface area (Å²) in [6.07, 6.45) is 1.83. The average molecular weight is 217 g/mol. The number of hydrogen-bond acceptors (Lipinski definition) is 1. The Labute approximate surface area is 72.8 Å². The van der Waals surface area contributed by atoms with E-state index in [1.807, 2.05) is 12.3 Å². The number of halogens is 1. The molecule has 0 saturated carbocycles. The number of guanidine groups is 1. The summed E-state index contributed by atoms with van der Waals surface area (Å²) in [7, 11) is 0. The number of nitrogens with zero attached hydrogens (tertiary/aromatic N) is 1. The van der Waals surface area contributed by atoms with Gasteiger partial charge in [0.1, 0.15) is 0 Å². The third kappa shape index (κ3) is 2.63. The van der Waals surface area contributed by atoms with E-state index in [1.54, 1.807) is 0 Å². The lowest BCUT2D eigenvalue weighted by Crippen LogP contribution is -2.22. The Kier molecular flexibility index (Phi) is 2.53. The number of aliphatic imine (C=N–C) groups is 1. The van der Waals surface area contributed by atoms with Gasteiger partial charge in [-0.3, -0.25) is 0 Å². The number of H-pyrrole nitrogens is 1. The van der Waals surface area contributed by atoms with Crippen molar-refractivity contribution in [1.82, 2.24) is 4.98 Å². The average Bonchev–Trinajstić information content (AvgIpc) is 2.31. The van der Waals surface area contributed by atoms with E-state index in [9.17, 15) is 0 Å². The highest BCUT2D eigenvalue weighted by atomic mass is 79.9. The highest BCUT2D eigenvalue weighted by Crippen LogP contribution is 2.10. The zero-order valence-corrected chi connectivity index (χ0v) is 7.43. The van der Waals surface area contributed by atoms with Gasteiger partial charge in [0.15, 0.2) is 5.96 Å². The van der Waals surface area contributed by atoms with Gasteiger partial charge in [-0.25, -0.2) is 4.99 Å². The molecule has 0 amide bonds. The van der Waals surface area contributed by atoms with E-state index in [0.717, 1.165) is 10.2 Å². The van der Waals surface area contributed by atoms with E-state index >= 15 is 0 Å². The lowest BCUT2D eigenvalue weighted by molar-refractivity contribution is 1.00. The Balaban J connectivity index is 2.58. The molecule has 0 aliphatic rings. The molecule has 0 aliphatic heterocycles. The van der Waals surface area contributed by atoms with Crippen molar-refractivity contribution in [3.8, 4) is 0 Å². The molecule has 1 rings (SSSR count). The Hall–Kier alpha value is -0.970. The van der Waals surface area contributed by atoms with Gasteiger partial charge in [-0.2, -0.15) is 0 Å². The molecule has 0 aliphatic carbocycles. The zero-order valence-electron chi connectivity index (χ0n) is 5.84. The van der Waals surface area contributed by atoms with Gasteiger partial charge in [0.05, 0.1) is 6.54 Å². The highest BCUT2D eigenvalue weighted by Gasteiger charge is 1.93. The summed E-state index contributed by atoms with van der Waals surface area (Å²) in [5, 5.41) is 0. The van der Waals surface area contributed by atoms with Crippen LogP contribution in [0.4, 0.5) is 0 Å². The molecule has 0 unspecified atom stereocenters. The fourth-order valence-electron chi connectivity index (χ4n) is 0.679. The smallest absolute Gasteiger partial charge is 0.186 e. The minimum Gasteiger partial charge on any atom is -0.370 e. The first-order chi connectivity index (χ1) is 5.18. The lowest BCUT2D eigenvalue weighted by Gasteiger charge is -1.90. The van der Waals surface area contributed by atoms with Crippen LogP contribution in [0.5, 0.6) is 0 Å². The summed E-state index contributed by atoms with van der Waals surface area (Å²) < 4.78 is 0.998. The third-order valence-electron chi connectivity index (χ3n) is 1.14. The molecule has 1 aromatic rings. The van der Waals surface area contributed by atoms with Gasteiger partial charge in [-0.15, -0.1) is 0 Å². The SMILES string of the molecule is NC(N)=NCc1cc(Br)c[nH]1. The van der Waals surface area contributed by atoms with E-state index in [1.165, 1.54) is 0 Å². The fourth-order valence-corrected chi connectivity index (χ4v) is 1.07. The summed E-state index contributed by atoms with van der Waals surface area (Å²) in [4.78, 5) is 6.82. The summed E-state index contributed by atoms with van der Waals surface area (Å²) in [5.41, 5.74) is 11.3. The largest absolute Gasteiger partial charge is 0.370 e. The van der Waals surface area contributed by atoms with Gasteiger partial charge in [0.25, 0.3) is 0 Å². The van der Waals surface area contributed by atoms with Gasteiger partial charge in [-0.05, 0) is 22.0 Å². The van der Waals surface area contributed by atoms with Crippen molar-refractivity contribution >= 4 is 21.9 Å². The normalized spacial score (nSPS) is 9.55. The Morgan fingerprint density at radius 3 is 2.82 bits per heavy atom. The molecule has 60 valence electrons. The zero-order chi connectivity index (χ0) is 8.27. The molecule has 0 atom stereocenters. The number of nitrogens with one attached hydrogen (secondary N) is 1. The van der Waals surface area contributed by atoms with E-state index in [4.69, 9.17) is 11.5 Å². The van der Waals surface area contributed by atoms with Crippen LogP contribution in [-0.4, -0.2) is 10.9 Å². The first-order valence-corrected chi connectivity index (χ1v) is 3.86. The van der Waals surface area contributed by atoms with Crippen molar-refractivity contribution < 1.29 is 0 Å². The lowest BCUT2D eigenvalue weighted by atomic mass is 10.4. The molecule has 5 N–H and O–H groups in total. The minimum atomic E-state index is 0.107. The van der Waals surface area contributed by atoms with Gasteiger partial charge >= 0.3 is 0 Å². The monoisotopic (exact) mass is 216 g/mol. The highest BCUT2D eigenvalue weighted by molar-refractivity contribution is 9.10. The summed E-state index contributed by atoms with van der Waals surface area (Å²) in [6.45, 7) is 0.494. The molecule has 0 bridgehead atoms. The first kappa shape index (κ1) is 8.13. The van der Waals surface area contributed by atoms with Crippen molar-refractivity contribution in [2.45, 2.75) is 6.54 Å². The number of aromatic amines is 1. The third-order valence-corrected chi connectivity index (χ3v) is 1.60. The second-order valence-electron chi connectivity index (χ2n) is 2.08. The summed E-state index contributed by atoms with van der Waals surface area (Å²) in [5.74, 6) is 0.107. The molecule has 1 heterocycles. The van der Waals surface area contributed by atoms with Gasteiger partial charge in [0.2, 0.25) is 0 Å². The van der Waals surface area contributed by atoms with Crippen LogP contribution in [0.15, 0.2) is 21.7 Å². The van der Waals surface area contributed by atoms with Crippen LogP contribution >= 0.6 is 15.9 Å². The first-order valence-electron chi connectivity index (χ1n) is 3.06. The van der Waals surface area contributed by atoms with Crippen LogP contribution in [0, 0.1) is 0 Å². The van der Waals surface area contributed by atoms with Gasteiger partial charge in [0, 0.05) is 16.4 Å². The molecule has 0 fully saturated rings. The molecule has 0 saturated heterocycles. The van der Waals surface area contributed by atoms with Crippen molar-refractivity contribution in [1.29, 1.82) is 0 Å².